The van der Waals surface area contributed by atoms with E-state index >= 15 is 0 Å². The number of amides is 3. The van der Waals surface area contributed by atoms with Crippen molar-refractivity contribution in [3.8, 4) is 0 Å². The van der Waals surface area contributed by atoms with Crippen LogP contribution in [0.2, 0.25) is 0 Å². The molecule has 37 heavy (non-hydrogen) atoms. The lowest BCUT2D eigenvalue weighted by molar-refractivity contribution is -0.269. The Morgan fingerprint density at radius 1 is 0.811 bits per heavy atom. The summed E-state index contributed by atoms with van der Waals surface area (Å²) < 4.78 is 64.6. The van der Waals surface area contributed by atoms with Crippen molar-refractivity contribution in [2.75, 3.05) is 14.1 Å². The molecule has 2 N–H and O–H groups in total. The number of nitrogens with one attached hydrogen (secondary N) is 2. The van der Waals surface area contributed by atoms with Gasteiger partial charge in [0.15, 0.2) is 5.78 Å². The number of rotatable bonds is 11. The monoisotopic (exact) mass is 543 g/mol. The fourth-order valence-electron chi connectivity index (χ4n) is 3.29. The summed E-state index contributed by atoms with van der Waals surface area (Å²) in [6, 6.07) is -3.36. The first-order valence-electron chi connectivity index (χ1n) is 11.6. The lowest BCUT2D eigenvalue weighted by atomic mass is 9.80. The van der Waals surface area contributed by atoms with E-state index in [1.807, 2.05) is 20.8 Å². The van der Waals surface area contributed by atoms with Gasteiger partial charge in [-0.1, -0.05) is 41.5 Å². The lowest BCUT2D eigenvalue weighted by Gasteiger charge is -2.32. The van der Waals surface area contributed by atoms with Crippen molar-refractivity contribution < 1.29 is 45.9 Å². The highest BCUT2D eigenvalue weighted by Crippen LogP contribution is 2.37. The number of hydrogen-bond donors (Lipinski definition) is 2. The molecular formula is C24H38F5N3O5. The quantitative estimate of drug-likeness (QED) is 0.389. The Labute approximate surface area is 214 Å². The Morgan fingerprint density at radius 2 is 1.30 bits per heavy atom. The number of ketones is 2. The molecule has 0 rings (SSSR count). The SMILES string of the molecule is CC(NC(=O)[C@@H](CC(=O)[C@@H](NC(=O)CC(C)(C)C)C(C)(C)C)CC(=O)N(C)C)C(=O)C(F)(F)C(F)(F)F. The van der Waals surface area contributed by atoms with E-state index in [-0.39, 0.29) is 6.42 Å². The van der Waals surface area contributed by atoms with Crippen LogP contribution in [-0.4, -0.2) is 72.5 Å². The Balaban J connectivity index is 5.93. The van der Waals surface area contributed by atoms with E-state index in [9.17, 15) is 45.9 Å². The maximum Gasteiger partial charge on any atom is 0.461 e. The average molecular weight is 544 g/mol. The Bertz CT molecular complexity index is 873. The molecule has 0 aromatic rings. The van der Waals surface area contributed by atoms with E-state index in [2.05, 4.69) is 5.32 Å². The highest BCUT2D eigenvalue weighted by Gasteiger charge is 2.64. The minimum absolute atomic E-state index is 0.0862. The molecule has 8 nitrogen and oxygen atoms in total. The highest BCUT2D eigenvalue weighted by atomic mass is 19.4. The number of alkyl halides is 5. The van der Waals surface area contributed by atoms with Crippen molar-refractivity contribution in [1.29, 1.82) is 0 Å². The minimum atomic E-state index is -6.16. The predicted octanol–water partition coefficient (Wildman–Crippen LogP) is 3.28. The first-order chi connectivity index (χ1) is 16.3. The molecule has 0 aromatic carbocycles. The molecule has 0 aliphatic rings. The van der Waals surface area contributed by atoms with Gasteiger partial charge >= 0.3 is 12.1 Å². The zero-order valence-electron chi connectivity index (χ0n) is 22.7. The van der Waals surface area contributed by atoms with Crippen molar-refractivity contribution in [2.45, 2.75) is 91.9 Å². The van der Waals surface area contributed by atoms with Crippen LogP contribution >= 0.6 is 0 Å². The third kappa shape index (κ3) is 10.7. The van der Waals surface area contributed by atoms with E-state index in [4.69, 9.17) is 0 Å². The Kier molecular flexibility index (Phi) is 11.4. The molecular weight excluding hydrogens is 505 g/mol. The van der Waals surface area contributed by atoms with Crippen LogP contribution in [-0.2, 0) is 24.0 Å². The molecule has 13 heteroatoms. The van der Waals surface area contributed by atoms with E-state index in [0.717, 1.165) is 4.90 Å². The van der Waals surface area contributed by atoms with Gasteiger partial charge < -0.3 is 15.5 Å². The van der Waals surface area contributed by atoms with Gasteiger partial charge in [-0.3, -0.25) is 24.0 Å². The second-order valence-electron chi connectivity index (χ2n) is 11.6. The molecule has 0 aliphatic heterocycles. The van der Waals surface area contributed by atoms with Gasteiger partial charge in [0.25, 0.3) is 0 Å². The molecule has 3 amide bonds. The van der Waals surface area contributed by atoms with Gasteiger partial charge in [0.1, 0.15) is 0 Å². The van der Waals surface area contributed by atoms with Crippen molar-refractivity contribution in [2.24, 2.45) is 16.7 Å². The molecule has 0 bridgehead atoms. The van der Waals surface area contributed by atoms with Gasteiger partial charge in [-0.05, 0) is 17.8 Å². The summed E-state index contributed by atoms with van der Waals surface area (Å²) in [5.74, 6) is -12.7. The summed E-state index contributed by atoms with van der Waals surface area (Å²) in [6.45, 7) is 11.1. The molecule has 1 unspecified atom stereocenters. The number of carbonyl (C=O) groups excluding carboxylic acids is 5. The molecule has 214 valence electrons. The first kappa shape index (κ1) is 34.4. The minimum Gasteiger partial charge on any atom is -0.349 e. The van der Waals surface area contributed by atoms with Crippen LogP contribution in [0.4, 0.5) is 22.0 Å². The van der Waals surface area contributed by atoms with Crippen molar-refractivity contribution >= 4 is 29.3 Å². The molecule has 0 spiro atoms. The van der Waals surface area contributed by atoms with Crippen LogP contribution in [0.15, 0.2) is 0 Å². The van der Waals surface area contributed by atoms with Crippen LogP contribution in [0.5, 0.6) is 0 Å². The van der Waals surface area contributed by atoms with E-state index in [1.54, 1.807) is 26.1 Å². The van der Waals surface area contributed by atoms with Crippen LogP contribution in [0, 0.1) is 16.7 Å². The Hall–Kier alpha value is -2.60. The van der Waals surface area contributed by atoms with Gasteiger partial charge in [0.2, 0.25) is 23.5 Å². The molecule has 0 saturated carbocycles. The lowest BCUT2D eigenvalue weighted by Crippen LogP contribution is -2.54. The van der Waals surface area contributed by atoms with E-state index in [0.29, 0.717) is 6.92 Å². The number of halogens is 5. The maximum atomic E-state index is 13.4. The van der Waals surface area contributed by atoms with E-state index < -0.39 is 83.1 Å². The highest BCUT2D eigenvalue weighted by molar-refractivity contribution is 5.97. The zero-order valence-corrected chi connectivity index (χ0v) is 22.7. The van der Waals surface area contributed by atoms with Gasteiger partial charge in [-0.25, -0.2) is 0 Å². The molecule has 0 heterocycles. The second kappa shape index (κ2) is 12.3. The summed E-state index contributed by atoms with van der Waals surface area (Å²) in [5, 5.41) is 4.41. The summed E-state index contributed by atoms with van der Waals surface area (Å²) in [6.07, 6.45) is -7.30. The van der Waals surface area contributed by atoms with Crippen molar-refractivity contribution in [3.05, 3.63) is 0 Å². The fraction of sp³-hybridized carbons (Fsp3) is 0.792. The number of Topliss-reactive ketones (excluding diaryl/α,β-unsaturated/α-hetero) is 2. The van der Waals surface area contributed by atoms with Crippen LogP contribution in [0.3, 0.4) is 0 Å². The smallest absolute Gasteiger partial charge is 0.349 e. The summed E-state index contributed by atoms with van der Waals surface area (Å²) >= 11 is 0. The number of carbonyl (C=O) groups is 5. The summed E-state index contributed by atoms with van der Waals surface area (Å²) in [5.41, 5.74) is -1.22. The third-order valence-electron chi connectivity index (χ3n) is 5.34. The van der Waals surface area contributed by atoms with Crippen LogP contribution in [0.1, 0.15) is 67.7 Å². The van der Waals surface area contributed by atoms with Crippen LogP contribution < -0.4 is 10.6 Å². The first-order valence-corrected chi connectivity index (χ1v) is 11.6. The van der Waals surface area contributed by atoms with Gasteiger partial charge in [-0.15, -0.1) is 0 Å². The normalized spacial score (nSPS) is 15.3. The molecule has 3 atom stereocenters. The number of nitrogens with zero attached hydrogens (tertiary/aromatic N) is 1. The fourth-order valence-corrected chi connectivity index (χ4v) is 3.29. The zero-order chi connectivity index (χ0) is 29.7. The summed E-state index contributed by atoms with van der Waals surface area (Å²) in [4.78, 5) is 63.6. The largest absolute Gasteiger partial charge is 0.461 e. The predicted molar refractivity (Wildman–Crippen MR) is 125 cm³/mol. The van der Waals surface area contributed by atoms with Gasteiger partial charge in [0.05, 0.1) is 18.0 Å². The third-order valence-corrected chi connectivity index (χ3v) is 5.34. The van der Waals surface area contributed by atoms with Gasteiger partial charge in [0, 0.05) is 33.4 Å². The second-order valence-corrected chi connectivity index (χ2v) is 11.6. The molecule has 0 aliphatic carbocycles. The van der Waals surface area contributed by atoms with Gasteiger partial charge in [-0.2, -0.15) is 22.0 Å². The standard InChI is InChI=1S/C24H38F5N3O5/c1-13(19(36)23(25,26)24(27,28)29)30-20(37)14(11-17(35)32(8)9)10-15(33)18(22(5,6)7)31-16(34)12-21(2,3)4/h13-14,18H,10-12H2,1-9H3,(H,30,37)(H,31,34)/t13?,14-,18+/m0/s1. The molecule has 0 saturated heterocycles. The maximum absolute atomic E-state index is 13.4. The van der Waals surface area contributed by atoms with Crippen LogP contribution in [0.25, 0.3) is 0 Å². The Morgan fingerprint density at radius 3 is 1.68 bits per heavy atom. The van der Waals surface area contributed by atoms with Crippen molar-refractivity contribution in [3.63, 3.8) is 0 Å². The van der Waals surface area contributed by atoms with Crippen molar-refractivity contribution in [1.82, 2.24) is 15.5 Å². The topological polar surface area (TPSA) is 113 Å². The summed E-state index contributed by atoms with van der Waals surface area (Å²) in [7, 11) is 2.72. The molecule has 0 radical (unpaired) electrons. The number of hydrogen-bond acceptors (Lipinski definition) is 5. The molecule has 0 fully saturated rings. The average Bonchev–Trinajstić information content (AvgIpc) is 2.67. The molecule has 0 aromatic heterocycles. The van der Waals surface area contributed by atoms with E-state index in [1.165, 1.54) is 14.1 Å².